The van der Waals surface area contributed by atoms with E-state index in [0.717, 1.165) is 6.42 Å². The molecule has 1 aliphatic heterocycles. The summed E-state index contributed by atoms with van der Waals surface area (Å²) in [5.74, 6) is -0.157. The van der Waals surface area contributed by atoms with Gasteiger partial charge in [-0.1, -0.05) is 5.16 Å². The van der Waals surface area contributed by atoms with Crippen molar-refractivity contribution in [3.05, 3.63) is 33.9 Å². The smallest absolute Gasteiger partial charge is 0.293 e. The van der Waals surface area contributed by atoms with Gasteiger partial charge in [-0.2, -0.15) is 0 Å². The fraction of sp³-hybridized carbons (Fsp3) is 0.417. The van der Waals surface area contributed by atoms with Crippen LogP contribution >= 0.6 is 0 Å². The molecule has 1 fully saturated rings. The summed E-state index contributed by atoms with van der Waals surface area (Å²) in [6.45, 7) is 1.31. The first kappa shape index (κ1) is 14.1. The standard InChI is InChI=1S/C12H16N4O4/c1-20-9-4-5-15(7-9)10-3-2-8(12(13)14-17)6-11(10)16(18)19/h2-3,6,9,17H,4-5,7H2,1H3,(H2,13,14). The van der Waals surface area contributed by atoms with Crippen LogP contribution in [-0.4, -0.2) is 42.3 Å². The highest BCUT2D eigenvalue weighted by Crippen LogP contribution is 2.32. The van der Waals surface area contributed by atoms with E-state index in [9.17, 15) is 10.1 Å². The highest BCUT2D eigenvalue weighted by Gasteiger charge is 2.28. The molecular formula is C12H16N4O4. The van der Waals surface area contributed by atoms with E-state index < -0.39 is 4.92 Å². The fourth-order valence-corrected chi connectivity index (χ4v) is 2.29. The van der Waals surface area contributed by atoms with Gasteiger partial charge in [0.05, 0.1) is 11.0 Å². The Morgan fingerprint density at radius 1 is 1.65 bits per heavy atom. The van der Waals surface area contributed by atoms with Crippen LogP contribution in [0.4, 0.5) is 11.4 Å². The first-order valence-electron chi connectivity index (χ1n) is 6.11. The minimum atomic E-state index is -0.469. The van der Waals surface area contributed by atoms with Crippen molar-refractivity contribution in [2.45, 2.75) is 12.5 Å². The average molecular weight is 280 g/mol. The molecular weight excluding hydrogens is 264 g/mol. The maximum absolute atomic E-state index is 11.2. The van der Waals surface area contributed by atoms with Gasteiger partial charge in [0.1, 0.15) is 5.69 Å². The maximum atomic E-state index is 11.2. The Bertz CT molecular complexity index is 546. The van der Waals surface area contributed by atoms with Crippen molar-refractivity contribution in [2.24, 2.45) is 10.9 Å². The predicted octanol–water partition coefficient (Wildman–Crippen LogP) is 0.914. The highest BCUT2D eigenvalue weighted by molar-refractivity contribution is 5.98. The van der Waals surface area contributed by atoms with Crippen LogP contribution in [0.15, 0.2) is 23.4 Å². The molecule has 1 aromatic carbocycles. The number of benzene rings is 1. The van der Waals surface area contributed by atoms with Crippen LogP contribution in [0.1, 0.15) is 12.0 Å². The van der Waals surface area contributed by atoms with Gasteiger partial charge in [-0.25, -0.2) is 0 Å². The van der Waals surface area contributed by atoms with E-state index in [1.807, 2.05) is 4.90 Å². The number of rotatable bonds is 4. The number of methoxy groups -OCH3 is 1. The molecule has 0 aromatic heterocycles. The Kier molecular flexibility index (Phi) is 4.04. The molecule has 1 atom stereocenters. The Morgan fingerprint density at radius 3 is 2.95 bits per heavy atom. The molecule has 1 aliphatic rings. The van der Waals surface area contributed by atoms with Crippen molar-refractivity contribution in [1.29, 1.82) is 0 Å². The zero-order valence-electron chi connectivity index (χ0n) is 11.0. The maximum Gasteiger partial charge on any atom is 0.293 e. The Hall–Kier alpha value is -2.35. The SMILES string of the molecule is COC1CCN(c2ccc(/C(N)=N/O)cc2[N+](=O)[O-])C1. The number of hydrogen-bond donors (Lipinski definition) is 2. The fourth-order valence-electron chi connectivity index (χ4n) is 2.29. The first-order valence-corrected chi connectivity index (χ1v) is 6.11. The minimum absolute atomic E-state index is 0.0640. The molecule has 2 rings (SSSR count). The summed E-state index contributed by atoms with van der Waals surface area (Å²) >= 11 is 0. The summed E-state index contributed by atoms with van der Waals surface area (Å²) in [6, 6.07) is 4.52. The number of nitrogens with two attached hydrogens (primary N) is 1. The number of nitro groups is 1. The number of anilines is 1. The molecule has 108 valence electrons. The summed E-state index contributed by atoms with van der Waals surface area (Å²) in [5, 5.41) is 22.7. The molecule has 8 nitrogen and oxygen atoms in total. The number of hydrogen-bond acceptors (Lipinski definition) is 6. The highest BCUT2D eigenvalue weighted by atomic mass is 16.6. The molecule has 0 spiro atoms. The van der Waals surface area contributed by atoms with Gasteiger partial charge in [0.25, 0.3) is 5.69 Å². The molecule has 0 saturated carbocycles. The summed E-state index contributed by atoms with van der Waals surface area (Å²) < 4.78 is 5.26. The number of nitro benzene ring substituents is 1. The van der Waals surface area contributed by atoms with Crippen LogP contribution in [0, 0.1) is 10.1 Å². The van der Waals surface area contributed by atoms with Crippen LogP contribution in [-0.2, 0) is 4.74 Å². The third-order valence-electron chi connectivity index (χ3n) is 3.39. The second-order valence-electron chi connectivity index (χ2n) is 4.54. The van der Waals surface area contributed by atoms with Gasteiger partial charge < -0.3 is 20.6 Å². The van der Waals surface area contributed by atoms with E-state index in [1.54, 1.807) is 19.2 Å². The van der Waals surface area contributed by atoms with Gasteiger partial charge in [-0.05, 0) is 18.6 Å². The molecule has 0 radical (unpaired) electrons. The van der Waals surface area contributed by atoms with E-state index >= 15 is 0 Å². The lowest BCUT2D eigenvalue weighted by Gasteiger charge is -2.18. The third-order valence-corrected chi connectivity index (χ3v) is 3.39. The summed E-state index contributed by atoms with van der Waals surface area (Å²) in [7, 11) is 1.63. The topological polar surface area (TPSA) is 114 Å². The molecule has 1 aromatic rings. The predicted molar refractivity (Wildman–Crippen MR) is 73.2 cm³/mol. The van der Waals surface area contributed by atoms with Gasteiger partial charge in [0.2, 0.25) is 0 Å². The van der Waals surface area contributed by atoms with Gasteiger partial charge in [0, 0.05) is 31.8 Å². The van der Waals surface area contributed by atoms with Gasteiger partial charge in [-0.15, -0.1) is 0 Å². The van der Waals surface area contributed by atoms with Crippen molar-refractivity contribution in [3.8, 4) is 0 Å². The van der Waals surface area contributed by atoms with Crippen molar-refractivity contribution < 1.29 is 14.9 Å². The van der Waals surface area contributed by atoms with Gasteiger partial charge >= 0.3 is 0 Å². The van der Waals surface area contributed by atoms with E-state index in [2.05, 4.69) is 5.16 Å². The Morgan fingerprint density at radius 2 is 2.40 bits per heavy atom. The summed E-state index contributed by atoms with van der Waals surface area (Å²) in [6.07, 6.45) is 0.911. The normalized spacial score (nSPS) is 19.4. The van der Waals surface area contributed by atoms with Crippen LogP contribution in [0.25, 0.3) is 0 Å². The molecule has 0 amide bonds. The van der Waals surface area contributed by atoms with Crippen molar-refractivity contribution in [3.63, 3.8) is 0 Å². The molecule has 3 N–H and O–H groups in total. The zero-order valence-corrected chi connectivity index (χ0v) is 11.0. The van der Waals surface area contributed by atoms with E-state index in [4.69, 9.17) is 15.7 Å². The second kappa shape index (κ2) is 5.74. The third kappa shape index (κ3) is 2.64. The average Bonchev–Trinajstić information content (AvgIpc) is 2.94. The van der Waals surface area contributed by atoms with Crippen molar-refractivity contribution in [1.82, 2.24) is 0 Å². The van der Waals surface area contributed by atoms with Crippen LogP contribution < -0.4 is 10.6 Å². The number of nitrogens with zero attached hydrogens (tertiary/aromatic N) is 3. The lowest BCUT2D eigenvalue weighted by Crippen LogP contribution is -2.23. The second-order valence-corrected chi connectivity index (χ2v) is 4.54. The lowest BCUT2D eigenvalue weighted by atomic mass is 10.1. The molecule has 1 unspecified atom stereocenters. The molecule has 0 bridgehead atoms. The summed E-state index contributed by atoms with van der Waals surface area (Å²) in [5.41, 5.74) is 6.22. The van der Waals surface area contributed by atoms with Crippen molar-refractivity contribution in [2.75, 3.05) is 25.1 Å². The lowest BCUT2D eigenvalue weighted by molar-refractivity contribution is -0.384. The van der Waals surface area contributed by atoms with Gasteiger partial charge in [-0.3, -0.25) is 10.1 Å². The van der Waals surface area contributed by atoms with Crippen LogP contribution in [0.2, 0.25) is 0 Å². The number of oxime groups is 1. The molecule has 1 saturated heterocycles. The zero-order chi connectivity index (χ0) is 14.7. The monoisotopic (exact) mass is 280 g/mol. The van der Waals surface area contributed by atoms with Crippen LogP contribution in [0.5, 0.6) is 0 Å². The molecule has 20 heavy (non-hydrogen) atoms. The van der Waals surface area contributed by atoms with Crippen molar-refractivity contribution >= 4 is 17.2 Å². The van der Waals surface area contributed by atoms with E-state index in [0.29, 0.717) is 24.3 Å². The minimum Gasteiger partial charge on any atom is -0.409 e. The number of amidine groups is 1. The Labute approximate surface area is 115 Å². The molecule has 0 aliphatic carbocycles. The van der Waals surface area contributed by atoms with Crippen LogP contribution in [0.3, 0.4) is 0 Å². The summed E-state index contributed by atoms with van der Waals surface area (Å²) in [4.78, 5) is 12.6. The van der Waals surface area contributed by atoms with Gasteiger partial charge in [0.15, 0.2) is 5.84 Å². The Balaban J connectivity index is 2.36. The van der Waals surface area contributed by atoms with E-state index in [1.165, 1.54) is 6.07 Å². The molecule has 8 heteroatoms. The largest absolute Gasteiger partial charge is 0.409 e. The molecule has 1 heterocycles. The van der Waals surface area contributed by atoms with E-state index in [-0.39, 0.29) is 17.6 Å². The number of ether oxygens (including phenoxy) is 1. The first-order chi connectivity index (χ1) is 9.56. The quantitative estimate of drug-likeness (QED) is 0.278.